The van der Waals surface area contributed by atoms with Crippen molar-refractivity contribution in [3.8, 4) is 0 Å². The number of rotatable bonds is 7. The fourth-order valence-corrected chi connectivity index (χ4v) is 1.41. The minimum atomic E-state index is -0.499. The lowest BCUT2D eigenvalue weighted by atomic mass is 10.1. The van der Waals surface area contributed by atoms with E-state index >= 15 is 0 Å². The molecule has 0 spiro atoms. The second kappa shape index (κ2) is 7.40. The lowest BCUT2D eigenvalue weighted by molar-refractivity contribution is 0.117. The monoisotopic (exact) mass is 209 g/mol. The number of aliphatic hydroxyl groups excluding tert-OH is 2. The van der Waals surface area contributed by atoms with E-state index in [9.17, 15) is 5.11 Å². The fourth-order valence-electron chi connectivity index (χ4n) is 1.41. The van der Waals surface area contributed by atoms with Gasteiger partial charge in [0.2, 0.25) is 0 Å². The topological polar surface area (TPSA) is 52.5 Å². The van der Waals surface area contributed by atoms with E-state index in [1.54, 1.807) is 0 Å². The summed E-state index contributed by atoms with van der Waals surface area (Å²) < 4.78 is 0. The maximum absolute atomic E-state index is 9.44. The van der Waals surface area contributed by atoms with Crippen molar-refractivity contribution < 1.29 is 10.2 Å². The highest BCUT2D eigenvalue weighted by Gasteiger charge is 2.01. The summed E-state index contributed by atoms with van der Waals surface area (Å²) in [5.41, 5.74) is 1.26. The largest absolute Gasteiger partial charge is 0.396 e. The Morgan fingerprint density at radius 3 is 2.60 bits per heavy atom. The Hall–Kier alpha value is -0.900. The summed E-state index contributed by atoms with van der Waals surface area (Å²) in [7, 11) is 0. The van der Waals surface area contributed by atoms with Crippen LogP contribution >= 0.6 is 0 Å². The van der Waals surface area contributed by atoms with Crippen LogP contribution in [-0.4, -0.2) is 29.6 Å². The van der Waals surface area contributed by atoms with Crippen LogP contribution in [-0.2, 0) is 6.42 Å². The van der Waals surface area contributed by atoms with Crippen LogP contribution in [0, 0.1) is 0 Å². The molecule has 1 atom stereocenters. The molecule has 0 bridgehead atoms. The third-order valence-corrected chi connectivity index (χ3v) is 2.27. The summed E-state index contributed by atoms with van der Waals surface area (Å²) in [5.74, 6) is 0. The second-order valence-electron chi connectivity index (χ2n) is 3.57. The number of hydrogen-bond acceptors (Lipinski definition) is 3. The first-order valence-electron chi connectivity index (χ1n) is 5.39. The van der Waals surface area contributed by atoms with E-state index in [0.717, 1.165) is 13.0 Å². The van der Waals surface area contributed by atoms with Crippen molar-refractivity contribution in [3.05, 3.63) is 35.9 Å². The number of benzene rings is 1. The van der Waals surface area contributed by atoms with Crippen LogP contribution in [0.5, 0.6) is 0 Å². The van der Waals surface area contributed by atoms with Gasteiger partial charge in [0.25, 0.3) is 0 Å². The molecule has 0 saturated heterocycles. The molecule has 0 fully saturated rings. The van der Waals surface area contributed by atoms with E-state index in [0.29, 0.717) is 12.8 Å². The van der Waals surface area contributed by atoms with E-state index in [4.69, 9.17) is 5.11 Å². The minimum Gasteiger partial charge on any atom is -0.396 e. The summed E-state index contributed by atoms with van der Waals surface area (Å²) >= 11 is 0. The lowest BCUT2D eigenvalue weighted by Crippen LogP contribution is -2.30. The Morgan fingerprint density at radius 1 is 1.20 bits per heavy atom. The maximum atomic E-state index is 9.44. The first-order chi connectivity index (χ1) is 7.33. The van der Waals surface area contributed by atoms with Gasteiger partial charge in [0.05, 0.1) is 0 Å². The summed E-state index contributed by atoms with van der Waals surface area (Å²) in [5, 5.41) is 21.0. The van der Waals surface area contributed by atoms with E-state index in [2.05, 4.69) is 17.4 Å². The third-order valence-electron chi connectivity index (χ3n) is 2.27. The Kier molecular flexibility index (Phi) is 6.00. The van der Waals surface area contributed by atoms with Gasteiger partial charge in [0.1, 0.15) is 6.23 Å². The molecule has 1 unspecified atom stereocenters. The highest BCUT2D eigenvalue weighted by atomic mass is 16.3. The zero-order valence-electron chi connectivity index (χ0n) is 8.89. The van der Waals surface area contributed by atoms with E-state index < -0.39 is 6.23 Å². The van der Waals surface area contributed by atoms with Crippen molar-refractivity contribution in [1.29, 1.82) is 0 Å². The molecule has 0 aliphatic carbocycles. The van der Waals surface area contributed by atoms with Crippen LogP contribution in [0.4, 0.5) is 0 Å². The van der Waals surface area contributed by atoms with Crippen LogP contribution in [0.25, 0.3) is 0 Å². The van der Waals surface area contributed by atoms with Gasteiger partial charge in [-0.05, 0) is 24.8 Å². The molecule has 0 aliphatic heterocycles. The summed E-state index contributed by atoms with van der Waals surface area (Å²) in [6.07, 6.45) is 1.66. The summed E-state index contributed by atoms with van der Waals surface area (Å²) in [6.45, 7) is 0.897. The Balaban J connectivity index is 2.11. The Bertz CT molecular complexity index is 251. The predicted molar refractivity (Wildman–Crippen MR) is 60.5 cm³/mol. The Labute approximate surface area is 90.8 Å². The molecular formula is C12H19NO2. The molecule has 1 rings (SSSR count). The number of aliphatic hydroxyl groups is 2. The highest BCUT2D eigenvalue weighted by Crippen LogP contribution is 1.99. The van der Waals surface area contributed by atoms with Crippen molar-refractivity contribution in [2.75, 3.05) is 13.2 Å². The number of hydrogen-bond donors (Lipinski definition) is 3. The molecule has 0 saturated carbocycles. The molecule has 0 aromatic heterocycles. The van der Waals surface area contributed by atoms with Gasteiger partial charge in [-0.1, -0.05) is 30.3 Å². The van der Waals surface area contributed by atoms with Gasteiger partial charge in [-0.15, -0.1) is 0 Å². The van der Waals surface area contributed by atoms with Crippen molar-refractivity contribution >= 4 is 0 Å². The van der Waals surface area contributed by atoms with Gasteiger partial charge in [0.15, 0.2) is 0 Å². The third kappa shape index (κ3) is 5.52. The first-order valence-corrected chi connectivity index (χ1v) is 5.39. The number of nitrogens with one attached hydrogen (secondary N) is 1. The van der Waals surface area contributed by atoms with Crippen LogP contribution in [0.15, 0.2) is 30.3 Å². The molecule has 0 heterocycles. The van der Waals surface area contributed by atoms with Crippen molar-refractivity contribution in [3.63, 3.8) is 0 Å². The molecule has 1 aromatic carbocycles. The average molecular weight is 209 g/mol. The molecule has 0 radical (unpaired) electrons. The van der Waals surface area contributed by atoms with Gasteiger partial charge in [0, 0.05) is 13.2 Å². The molecule has 84 valence electrons. The summed E-state index contributed by atoms with van der Waals surface area (Å²) in [6, 6.07) is 10.2. The molecule has 0 aliphatic rings. The Morgan fingerprint density at radius 2 is 1.93 bits per heavy atom. The lowest BCUT2D eigenvalue weighted by Gasteiger charge is -2.11. The molecule has 15 heavy (non-hydrogen) atoms. The standard InChI is InChI=1S/C12H19NO2/c14-10-4-7-12(15)13-9-8-11-5-2-1-3-6-11/h1-3,5-6,12-15H,4,7-10H2. The van der Waals surface area contributed by atoms with Crippen molar-refractivity contribution in [2.24, 2.45) is 0 Å². The van der Waals surface area contributed by atoms with Gasteiger partial charge in [-0.2, -0.15) is 0 Å². The van der Waals surface area contributed by atoms with Gasteiger partial charge < -0.3 is 10.2 Å². The molecule has 3 N–H and O–H groups in total. The predicted octanol–water partition coefficient (Wildman–Crippen LogP) is 0.910. The molecule has 3 heteroatoms. The van der Waals surface area contributed by atoms with Crippen LogP contribution in [0.3, 0.4) is 0 Å². The van der Waals surface area contributed by atoms with Crippen LogP contribution < -0.4 is 5.32 Å². The second-order valence-corrected chi connectivity index (χ2v) is 3.57. The van der Waals surface area contributed by atoms with Gasteiger partial charge >= 0.3 is 0 Å². The van der Waals surface area contributed by atoms with Crippen LogP contribution in [0.1, 0.15) is 18.4 Å². The van der Waals surface area contributed by atoms with E-state index in [-0.39, 0.29) is 6.61 Å². The highest BCUT2D eigenvalue weighted by molar-refractivity contribution is 5.14. The first kappa shape index (κ1) is 12.2. The molecule has 1 aromatic rings. The van der Waals surface area contributed by atoms with Gasteiger partial charge in [-0.3, -0.25) is 5.32 Å². The molecule has 3 nitrogen and oxygen atoms in total. The van der Waals surface area contributed by atoms with Crippen molar-refractivity contribution in [1.82, 2.24) is 5.32 Å². The summed E-state index contributed by atoms with van der Waals surface area (Å²) in [4.78, 5) is 0. The van der Waals surface area contributed by atoms with Gasteiger partial charge in [-0.25, -0.2) is 0 Å². The van der Waals surface area contributed by atoms with Crippen LogP contribution in [0.2, 0.25) is 0 Å². The van der Waals surface area contributed by atoms with E-state index in [1.165, 1.54) is 5.56 Å². The molecular weight excluding hydrogens is 190 g/mol. The van der Waals surface area contributed by atoms with E-state index in [1.807, 2.05) is 18.2 Å². The minimum absolute atomic E-state index is 0.136. The average Bonchev–Trinajstić information content (AvgIpc) is 2.28. The maximum Gasteiger partial charge on any atom is 0.105 e. The zero-order valence-corrected chi connectivity index (χ0v) is 8.89. The normalized spacial score (nSPS) is 12.7. The SMILES string of the molecule is OCCCC(O)NCCc1ccccc1. The molecule has 0 amide bonds. The fraction of sp³-hybridized carbons (Fsp3) is 0.500. The van der Waals surface area contributed by atoms with Crippen molar-refractivity contribution in [2.45, 2.75) is 25.5 Å². The smallest absolute Gasteiger partial charge is 0.105 e. The quantitative estimate of drug-likeness (QED) is 0.585. The zero-order chi connectivity index (χ0) is 10.9.